The van der Waals surface area contributed by atoms with E-state index >= 15 is 0 Å². The highest BCUT2D eigenvalue weighted by molar-refractivity contribution is 5.81. The summed E-state index contributed by atoms with van der Waals surface area (Å²) >= 11 is 0. The molecule has 0 unspecified atom stereocenters. The van der Waals surface area contributed by atoms with Gasteiger partial charge >= 0.3 is 0 Å². The van der Waals surface area contributed by atoms with Crippen LogP contribution in [0.1, 0.15) is 6.42 Å². The number of hydrogen-bond donors (Lipinski definition) is 1. The highest BCUT2D eigenvalue weighted by Gasteiger charge is 2.13. The first-order chi connectivity index (χ1) is 14.2. The lowest BCUT2D eigenvalue weighted by Gasteiger charge is -2.14. The lowest BCUT2D eigenvalue weighted by Crippen LogP contribution is -2.24. The van der Waals surface area contributed by atoms with E-state index in [4.69, 9.17) is 15.5 Å². The number of nitrogens with zero attached hydrogens (tertiary/aromatic N) is 2. The Morgan fingerprint density at radius 2 is 1.62 bits per heavy atom. The van der Waals surface area contributed by atoms with Crippen LogP contribution < -0.4 is 16.0 Å². The fraction of sp³-hybridized carbons (Fsp3) is 0.167. The summed E-state index contributed by atoms with van der Waals surface area (Å²) in [6.45, 7) is 1.03. The van der Waals surface area contributed by atoms with Gasteiger partial charge in [0.1, 0.15) is 11.6 Å². The van der Waals surface area contributed by atoms with Crippen molar-refractivity contribution in [3.05, 3.63) is 83.2 Å². The Labute approximate surface area is 169 Å². The van der Waals surface area contributed by atoms with E-state index in [1.54, 1.807) is 17.7 Å². The maximum atomic E-state index is 13.2. The molecule has 0 atom stereocenters. The molecule has 4 aromatic rings. The number of nitrogens with two attached hydrogens (primary N) is 1. The van der Waals surface area contributed by atoms with Gasteiger partial charge in [0.2, 0.25) is 0 Å². The van der Waals surface area contributed by atoms with Crippen LogP contribution >= 0.6 is 0 Å². The second-order valence-corrected chi connectivity index (χ2v) is 6.86. The fourth-order valence-corrected chi connectivity index (χ4v) is 3.45. The van der Waals surface area contributed by atoms with Gasteiger partial charge in [0.25, 0.3) is 5.56 Å². The molecule has 0 aliphatic rings. The van der Waals surface area contributed by atoms with E-state index in [0.29, 0.717) is 42.0 Å². The Kier molecular flexibility index (Phi) is 5.40. The van der Waals surface area contributed by atoms with E-state index in [0.717, 1.165) is 16.7 Å². The summed E-state index contributed by atoms with van der Waals surface area (Å²) in [7, 11) is 1.59. The predicted octanol–water partition coefficient (Wildman–Crippen LogP) is 4.09. The molecule has 0 aliphatic carbocycles. The summed E-state index contributed by atoms with van der Waals surface area (Å²) in [4.78, 5) is 18.0. The van der Waals surface area contributed by atoms with E-state index in [1.165, 1.54) is 0 Å². The van der Waals surface area contributed by atoms with Crippen molar-refractivity contribution < 1.29 is 4.74 Å². The average molecular weight is 385 g/mol. The number of aromatic nitrogens is 2. The lowest BCUT2D eigenvalue weighted by molar-refractivity contribution is 0.415. The van der Waals surface area contributed by atoms with E-state index < -0.39 is 0 Å². The van der Waals surface area contributed by atoms with Crippen molar-refractivity contribution in [2.24, 2.45) is 5.73 Å². The van der Waals surface area contributed by atoms with Crippen LogP contribution in [0, 0.1) is 0 Å². The molecule has 0 radical (unpaired) electrons. The minimum absolute atomic E-state index is 0.0792. The number of rotatable bonds is 6. The molecule has 1 heterocycles. The number of fused-ring (bicyclic) bond motifs is 1. The van der Waals surface area contributed by atoms with E-state index in [9.17, 15) is 4.79 Å². The quantitative estimate of drug-likeness (QED) is 0.543. The zero-order chi connectivity index (χ0) is 20.2. The molecule has 5 heteroatoms. The van der Waals surface area contributed by atoms with Crippen molar-refractivity contribution >= 4 is 10.9 Å². The van der Waals surface area contributed by atoms with Crippen LogP contribution in [0.5, 0.6) is 5.75 Å². The molecule has 1 aromatic heterocycles. The molecule has 0 aliphatic heterocycles. The minimum atomic E-state index is -0.0792. The first-order valence-corrected chi connectivity index (χ1v) is 9.66. The summed E-state index contributed by atoms with van der Waals surface area (Å²) in [5.74, 6) is 1.29. The Morgan fingerprint density at radius 1 is 0.931 bits per heavy atom. The van der Waals surface area contributed by atoms with Gasteiger partial charge in [0.05, 0.1) is 18.0 Å². The van der Waals surface area contributed by atoms with Crippen LogP contribution in [-0.2, 0) is 6.54 Å². The van der Waals surface area contributed by atoms with Crippen molar-refractivity contribution in [2.75, 3.05) is 13.7 Å². The third-order valence-electron chi connectivity index (χ3n) is 5.00. The summed E-state index contributed by atoms with van der Waals surface area (Å²) in [5.41, 5.74) is 9.45. The largest absolute Gasteiger partial charge is 0.497 e. The Hall–Kier alpha value is -3.44. The fourth-order valence-electron chi connectivity index (χ4n) is 3.45. The normalized spacial score (nSPS) is 11.0. The maximum absolute atomic E-state index is 13.2. The minimum Gasteiger partial charge on any atom is -0.497 e. The molecule has 0 fully saturated rings. The Morgan fingerprint density at radius 3 is 2.31 bits per heavy atom. The zero-order valence-electron chi connectivity index (χ0n) is 16.3. The van der Waals surface area contributed by atoms with Crippen molar-refractivity contribution in [1.82, 2.24) is 9.55 Å². The second kappa shape index (κ2) is 8.29. The molecule has 0 amide bonds. The van der Waals surface area contributed by atoms with Gasteiger partial charge in [-0.2, -0.15) is 0 Å². The van der Waals surface area contributed by atoms with Crippen molar-refractivity contribution in [1.29, 1.82) is 0 Å². The molecular weight excluding hydrogens is 362 g/mol. The molecule has 2 N–H and O–H groups in total. The molecule has 146 valence electrons. The predicted molar refractivity (Wildman–Crippen MR) is 117 cm³/mol. The van der Waals surface area contributed by atoms with E-state index in [-0.39, 0.29) is 5.56 Å². The molecule has 0 saturated carbocycles. The van der Waals surface area contributed by atoms with Crippen LogP contribution in [0.15, 0.2) is 77.6 Å². The van der Waals surface area contributed by atoms with Gasteiger partial charge in [0.15, 0.2) is 0 Å². The molecule has 4 rings (SSSR count). The zero-order valence-corrected chi connectivity index (χ0v) is 16.3. The number of methoxy groups -OCH3 is 1. The van der Waals surface area contributed by atoms with Crippen LogP contribution in [0.25, 0.3) is 33.4 Å². The van der Waals surface area contributed by atoms with Gasteiger partial charge in [-0.3, -0.25) is 9.36 Å². The maximum Gasteiger partial charge on any atom is 0.261 e. The van der Waals surface area contributed by atoms with Crippen molar-refractivity contribution in [3.8, 4) is 28.3 Å². The van der Waals surface area contributed by atoms with Crippen LogP contribution in [0.4, 0.5) is 0 Å². The van der Waals surface area contributed by atoms with Gasteiger partial charge in [-0.05, 0) is 42.3 Å². The van der Waals surface area contributed by atoms with Gasteiger partial charge in [0, 0.05) is 12.1 Å². The Bertz CT molecular complexity index is 1180. The van der Waals surface area contributed by atoms with Gasteiger partial charge in [-0.15, -0.1) is 0 Å². The van der Waals surface area contributed by atoms with Gasteiger partial charge in [-0.1, -0.05) is 54.6 Å². The van der Waals surface area contributed by atoms with Crippen molar-refractivity contribution in [3.63, 3.8) is 0 Å². The smallest absolute Gasteiger partial charge is 0.261 e. The molecule has 5 nitrogen and oxygen atoms in total. The van der Waals surface area contributed by atoms with E-state index in [1.807, 2.05) is 42.5 Å². The topological polar surface area (TPSA) is 70.1 Å². The average Bonchev–Trinajstić information content (AvgIpc) is 2.79. The summed E-state index contributed by atoms with van der Waals surface area (Å²) < 4.78 is 6.99. The third kappa shape index (κ3) is 3.77. The summed E-state index contributed by atoms with van der Waals surface area (Å²) in [6, 6.07) is 23.7. The standard InChI is InChI=1S/C24H23N3O2/c1-29-20-12-13-22-21(16-20)24(28)27(15-5-14-25)23(26-22)19-10-8-18(9-11-19)17-6-3-2-4-7-17/h2-4,6-13,16H,5,14-15,25H2,1H3. The van der Waals surface area contributed by atoms with Crippen LogP contribution in [-0.4, -0.2) is 23.2 Å². The number of ether oxygens (including phenoxy) is 1. The molecule has 0 bridgehead atoms. The van der Waals surface area contributed by atoms with Crippen LogP contribution in [0.2, 0.25) is 0 Å². The highest BCUT2D eigenvalue weighted by Crippen LogP contribution is 2.25. The van der Waals surface area contributed by atoms with Gasteiger partial charge in [-0.25, -0.2) is 4.98 Å². The van der Waals surface area contributed by atoms with Crippen molar-refractivity contribution in [2.45, 2.75) is 13.0 Å². The monoisotopic (exact) mass is 385 g/mol. The first kappa shape index (κ1) is 18.9. The third-order valence-corrected chi connectivity index (χ3v) is 5.00. The number of benzene rings is 3. The lowest BCUT2D eigenvalue weighted by atomic mass is 10.0. The SMILES string of the molecule is COc1ccc2nc(-c3ccc(-c4ccccc4)cc3)n(CCCN)c(=O)c2c1. The van der Waals surface area contributed by atoms with Gasteiger partial charge < -0.3 is 10.5 Å². The summed E-state index contributed by atoms with van der Waals surface area (Å²) in [6.07, 6.45) is 0.701. The Balaban J connectivity index is 1.84. The van der Waals surface area contributed by atoms with Crippen LogP contribution in [0.3, 0.4) is 0 Å². The molecular formula is C24H23N3O2. The molecule has 0 spiro atoms. The first-order valence-electron chi connectivity index (χ1n) is 9.66. The van der Waals surface area contributed by atoms with E-state index in [2.05, 4.69) is 24.3 Å². The summed E-state index contributed by atoms with van der Waals surface area (Å²) in [5, 5.41) is 0.547. The molecule has 3 aromatic carbocycles. The highest BCUT2D eigenvalue weighted by atomic mass is 16.5. The number of hydrogen-bond acceptors (Lipinski definition) is 4. The molecule has 29 heavy (non-hydrogen) atoms. The second-order valence-electron chi connectivity index (χ2n) is 6.86. The molecule has 0 saturated heterocycles.